The van der Waals surface area contributed by atoms with Gasteiger partial charge in [-0.1, -0.05) is 0 Å². The minimum atomic E-state index is -1.83. The number of hydrogen-bond acceptors (Lipinski definition) is 4. The zero-order valence-electron chi connectivity index (χ0n) is 11.7. The molecule has 1 heterocycles. The highest BCUT2D eigenvalue weighted by atomic mass is 19.1. The summed E-state index contributed by atoms with van der Waals surface area (Å²) in [5.41, 5.74) is 6.21. The van der Waals surface area contributed by atoms with E-state index in [0.717, 1.165) is 0 Å². The van der Waals surface area contributed by atoms with E-state index in [0.29, 0.717) is 37.7 Å². The van der Waals surface area contributed by atoms with Crippen LogP contribution >= 0.6 is 0 Å². The van der Waals surface area contributed by atoms with Gasteiger partial charge < -0.3 is 36.4 Å². The molecule has 22 heavy (non-hydrogen) atoms. The van der Waals surface area contributed by atoms with Crippen LogP contribution in [0, 0.1) is 11.2 Å². The average Bonchev–Trinajstić information content (AvgIpc) is 2.38. The van der Waals surface area contributed by atoms with Crippen molar-refractivity contribution in [3.05, 3.63) is 24.0 Å². The minimum Gasteiger partial charge on any atom is -0.450 e. The van der Waals surface area contributed by atoms with E-state index >= 15 is 0 Å². The maximum absolute atomic E-state index is 13.9. The summed E-state index contributed by atoms with van der Waals surface area (Å²) in [6, 6.07) is 4.73. The number of guanidine groups is 1. The second kappa shape index (κ2) is 9.37. The Morgan fingerprint density at radius 1 is 1.36 bits per heavy atom. The molecule has 1 aromatic carbocycles. The number of carbonyl (C=O) groups is 1. The van der Waals surface area contributed by atoms with Crippen molar-refractivity contribution in [1.29, 1.82) is 5.41 Å². The van der Waals surface area contributed by atoms with Crippen molar-refractivity contribution < 1.29 is 29.6 Å². The molecule has 0 amide bonds. The number of benzene rings is 1. The fourth-order valence-corrected chi connectivity index (χ4v) is 1.80. The van der Waals surface area contributed by atoms with Crippen LogP contribution in [0.1, 0.15) is 0 Å². The predicted molar refractivity (Wildman–Crippen MR) is 79.2 cm³/mol. The Balaban J connectivity index is 0.000000791. The molecule has 1 aliphatic rings. The van der Waals surface area contributed by atoms with Crippen molar-refractivity contribution in [3.8, 4) is 0 Å². The third kappa shape index (κ3) is 6.72. The van der Waals surface area contributed by atoms with E-state index in [9.17, 15) is 4.39 Å². The van der Waals surface area contributed by atoms with E-state index in [4.69, 9.17) is 30.9 Å². The fourth-order valence-electron chi connectivity index (χ4n) is 1.80. The number of hydrogen-bond donors (Lipinski definition) is 5. The molecule has 0 aliphatic carbocycles. The summed E-state index contributed by atoms with van der Waals surface area (Å²) in [5, 5.41) is 23.6. The molecular weight excluding hydrogens is 299 g/mol. The number of nitrogens with one attached hydrogen (secondary N) is 2. The zero-order valence-corrected chi connectivity index (χ0v) is 11.7. The summed E-state index contributed by atoms with van der Waals surface area (Å²) in [6.07, 6.45) is -1.83. The topological polar surface area (TPSA) is 163 Å². The van der Waals surface area contributed by atoms with E-state index in [-0.39, 0.29) is 17.3 Å². The van der Waals surface area contributed by atoms with Crippen LogP contribution in [0.15, 0.2) is 18.2 Å². The first-order chi connectivity index (χ1) is 9.90. The van der Waals surface area contributed by atoms with E-state index in [1.807, 2.05) is 4.90 Å². The van der Waals surface area contributed by atoms with Gasteiger partial charge in [-0.2, -0.15) is 0 Å². The highest BCUT2D eigenvalue weighted by Gasteiger charge is 2.15. The molecule has 0 aromatic heterocycles. The standard InChI is InChI=1S/C11H15FN4O.CH2O3.H2O/c12-9-7-8(15-11(13)14)1-2-10(9)16-3-5-17-6-4-16;2-1(3)4;/h1-2,7H,3-6H2,(H4,13,14,15);(H2,2,3,4);1H2. The Kier molecular flexibility index (Phi) is 8.26. The third-order valence-electron chi connectivity index (χ3n) is 2.58. The van der Waals surface area contributed by atoms with Crippen molar-refractivity contribution in [2.24, 2.45) is 5.73 Å². The molecule has 1 fully saturated rings. The molecule has 10 heteroatoms. The molecule has 0 bridgehead atoms. The number of carboxylic acid groups (broad SMARTS) is 2. The molecule has 0 saturated carbocycles. The first kappa shape index (κ1) is 19.4. The maximum atomic E-state index is 13.9. The molecule has 0 spiro atoms. The SMILES string of the molecule is N=C(N)Nc1ccc(N2CCOCC2)c(F)c1.O.O=C(O)O. The molecular formula is C12H19FN4O5. The van der Waals surface area contributed by atoms with Crippen LogP contribution in [-0.2, 0) is 4.74 Å². The molecule has 8 N–H and O–H groups in total. The summed E-state index contributed by atoms with van der Waals surface area (Å²) in [5.74, 6) is -0.526. The van der Waals surface area contributed by atoms with Crippen LogP contribution in [0.3, 0.4) is 0 Å². The van der Waals surface area contributed by atoms with Crippen LogP contribution in [0.5, 0.6) is 0 Å². The quantitative estimate of drug-likeness (QED) is 0.388. The van der Waals surface area contributed by atoms with Crippen LogP contribution in [0.25, 0.3) is 0 Å². The largest absolute Gasteiger partial charge is 0.503 e. The molecule has 0 unspecified atom stereocenters. The van der Waals surface area contributed by atoms with Crippen molar-refractivity contribution in [3.63, 3.8) is 0 Å². The van der Waals surface area contributed by atoms with Gasteiger partial charge in [-0.05, 0) is 18.2 Å². The summed E-state index contributed by atoms with van der Waals surface area (Å²) < 4.78 is 19.1. The van der Waals surface area contributed by atoms with Gasteiger partial charge in [0.25, 0.3) is 0 Å². The Morgan fingerprint density at radius 2 is 1.91 bits per heavy atom. The normalized spacial score (nSPS) is 13.2. The van der Waals surface area contributed by atoms with Crippen molar-refractivity contribution in [1.82, 2.24) is 0 Å². The van der Waals surface area contributed by atoms with Crippen LogP contribution in [0.4, 0.5) is 20.6 Å². The number of nitrogens with two attached hydrogens (primary N) is 1. The van der Waals surface area contributed by atoms with Gasteiger partial charge >= 0.3 is 6.16 Å². The first-order valence-electron chi connectivity index (χ1n) is 6.05. The van der Waals surface area contributed by atoms with Gasteiger partial charge in [0.1, 0.15) is 5.82 Å². The monoisotopic (exact) mass is 318 g/mol. The predicted octanol–water partition coefficient (Wildman–Crippen LogP) is 0.365. The van der Waals surface area contributed by atoms with Gasteiger partial charge in [0.05, 0.1) is 18.9 Å². The van der Waals surface area contributed by atoms with Gasteiger partial charge in [-0.15, -0.1) is 0 Å². The van der Waals surface area contributed by atoms with Crippen LogP contribution < -0.4 is 16.0 Å². The molecule has 9 nitrogen and oxygen atoms in total. The third-order valence-corrected chi connectivity index (χ3v) is 2.58. The average molecular weight is 318 g/mol. The molecule has 0 atom stereocenters. The Morgan fingerprint density at radius 3 is 2.36 bits per heavy atom. The molecule has 1 aliphatic heterocycles. The number of nitrogens with zero attached hydrogens (tertiary/aromatic N) is 1. The highest BCUT2D eigenvalue weighted by molar-refractivity contribution is 5.89. The van der Waals surface area contributed by atoms with E-state index in [1.165, 1.54) is 6.07 Å². The van der Waals surface area contributed by atoms with Gasteiger partial charge in [-0.3, -0.25) is 5.41 Å². The summed E-state index contributed by atoms with van der Waals surface area (Å²) in [6.45, 7) is 2.62. The lowest BCUT2D eigenvalue weighted by Crippen LogP contribution is -2.36. The fraction of sp³-hybridized carbons (Fsp3) is 0.333. The Bertz CT molecular complexity index is 504. The minimum absolute atomic E-state index is 0. The smallest absolute Gasteiger partial charge is 0.450 e. The van der Waals surface area contributed by atoms with Gasteiger partial charge in [0, 0.05) is 18.8 Å². The Hall–Kier alpha value is -2.59. The molecule has 1 aromatic rings. The van der Waals surface area contributed by atoms with E-state index in [2.05, 4.69) is 5.32 Å². The zero-order chi connectivity index (χ0) is 15.8. The summed E-state index contributed by atoms with van der Waals surface area (Å²) in [7, 11) is 0. The molecule has 0 radical (unpaired) electrons. The van der Waals surface area contributed by atoms with Crippen LogP contribution in [-0.4, -0.2) is 54.1 Å². The van der Waals surface area contributed by atoms with Gasteiger partial charge in [0.15, 0.2) is 5.96 Å². The summed E-state index contributed by atoms with van der Waals surface area (Å²) in [4.78, 5) is 10.5. The molecule has 124 valence electrons. The number of rotatable bonds is 2. The van der Waals surface area contributed by atoms with E-state index < -0.39 is 6.16 Å². The number of halogens is 1. The van der Waals surface area contributed by atoms with Gasteiger partial charge in [0.2, 0.25) is 0 Å². The van der Waals surface area contributed by atoms with Crippen molar-refractivity contribution in [2.75, 3.05) is 36.5 Å². The summed E-state index contributed by atoms with van der Waals surface area (Å²) >= 11 is 0. The van der Waals surface area contributed by atoms with E-state index in [1.54, 1.807) is 12.1 Å². The second-order valence-electron chi connectivity index (χ2n) is 4.09. The van der Waals surface area contributed by atoms with Gasteiger partial charge in [-0.25, -0.2) is 9.18 Å². The number of morpholine rings is 1. The second-order valence-corrected chi connectivity index (χ2v) is 4.09. The number of anilines is 2. The maximum Gasteiger partial charge on any atom is 0.503 e. The van der Waals surface area contributed by atoms with Crippen LogP contribution in [0.2, 0.25) is 0 Å². The van der Waals surface area contributed by atoms with Crippen molar-refractivity contribution >= 4 is 23.5 Å². The molecule has 1 saturated heterocycles. The first-order valence-corrected chi connectivity index (χ1v) is 6.05. The van der Waals surface area contributed by atoms with Crippen molar-refractivity contribution in [2.45, 2.75) is 0 Å². The highest BCUT2D eigenvalue weighted by Crippen LogP contribution is 2.23. The Labute approximate surface area is 125 Å². The lowest BCUT2D eigenvalue weighted by atomic mass is 10.2. The lowest BCUT2D eigenvalue weighted by Gasteiger charge is -2.29. The lowest BCUT2D eigenvalue weighted by molar-refractivity contribution is 0.122. The number of ether oxygens (including phenoxy) is 1. The molecule has 2 rings (SSSR count).